The zero-order chi connectivity index (χ0) is 14.5. The lowest BCUT2D eigenvalue weighted by Gasteiger charge is -2.11. The van der Waals surface area contributed by atoms with Crippen LogP contribution < -0.4 is 15.2 Å². The maximum absolute atomic E-state index is 7.42. The number of amidine groups is 1. The molecular formula is C15H18N2O2S. The first-order chi connectivity index (χ1) is 9.63. The van der Waals surface area contributed by atoms with Crippen LogP contribution in [0.4, 0.5) is 0 Å². The van der Waals surface area contributed by atoms with Crippen LogP contribution in [0.15, 0.2) is 30.3 Å². The molecule has 0 aliphatic rings. The van der Waals surface area contributed by atoms with E-state index in [4.69, 9.17) is 20.6 Å². The highest BCUT2D eigenvalue weighted by Crippen LogP contribution is 2.29. The molecule has 0 aliphatic heterocycles. The third kappa shape index (κ3) is 3.30. The van der Waals surface area contributed by atoms with E-state index in [1.165, 1.54) is 9.75 Å². The smallest absolute Gasteiger partial charge is 0.161 e. The van der Waals surface area contributed by atoms with Crippen molar-refractivity contribution in [2.24, 2.45) is 5.73 Å². The van der Waals surface area contributed by atoms with Gasteiger partial charge in [-0.25, -0.2) is 0 Å². The summed E-state index contributed by atoms with van der Waals surface area (Å²) < 4.78 is 11.1. The molecule has 20 heavy (non-hydrogen) atoms. The molecule has 0 spiro atoms. The molecule has 1 aromatic heterocycles. The van der Waals surface area contributed by atoms with E-state index in [0.29, 0.717) is 23.7 Å². The number of benzene rings is 1. The van der Waals surface area contributed by atoms with E-state index in [1.54, 1.807) is 36.6 Å². The summed E-state index contributed by atoms with van der Waals surface area (Å²) in [5.41, 5.74) is 6.08. The molecule has 2 aromatic rings. The lowest BCUT2D eigenvalue weighted by molar-refractivity contribution is 0.287. The van der Waals surface area contributed by atoms with E-state index in [-0.39, 0.29) is 5.84 Å². The molecule has 1 heterocycles. The molecule has 3 N–H and O–H groups in total. The number of methoxy groups -OCH3 is 1. The maximum atomic E-state index is 7.42. The van der Waals surface area contributed by atoms with Crippen LogP contribution in [0.5, 0.6) is 11.5 Å². The molecule has 0 aliphatic carbocycles. The van der Waals surface area contributed by atoms with Gasteiger partial charge in [0.1, 0.15) is 12.4 Å². The summed E-state index contributed by atoms with van der Waals surface area (Å²) >= 11 is 1.75. The molecular weight excluding hydrogens is 272 g/mol. The first kappa shape index (κ1) is 14.4. The molecule has 0 atom stereocenters. The Morgan fingerprint density at radius 3 is 2.55 bits per heavy atom. The third-order valence-electron chi connectivity index (χ3n) is 2.91. The van der Waals surface area contributed by atoms with E-state index >= 15 is 0 Å². The molecule has 0 radical (unpaired) electrons. The molecule has 0 saturated carbocycles. The molecule has 0 amide bonds. The summed E-state index contributed by atoms with van der Waals surface area (Å²) in [5, 5.41) is 7.42. The molecule has 2 rings (SSSR count). The fourth-order valence-corrected chi connectivity index (χ4v) is 2.66. The van der Waals surface area contributed by atoms with E-state index in [9.17, 15) is 0 Å². The van der Waals surface area contributed by atoms with Crippen molar-refractivity contribution in [2.45, 2.75) is 20.0 Å². The fraction of sp³-hybridized carbons (Fsp3) is 0.267. The minimum Gasteiger partial charge on any atom is -0.493 e. The monoisotopic (exact) mass is 290 g/mol. The van der Waals surface area contributed by atoms with Crippen LogP contribution in [0.1, 0.15) is 22.2 Å². The summed E-state index contributed by atoms with van der Waals surface area (Å²) in [4.78, 5) is 2.53. The van der Waals surface area contributed by atoms with Gasteiger partial charge >= 0.3 is 0 Å². The van der Waals surface area contributed by atoms with Crippen molar-refractivity contribution in [3.05, 3.63) is 45.6 Å². The summed E-state index contributed by atoms with van der Waals surface area (Å²) in [6.45, 7) is 2.65. The van der Waals surface area contributed by atoms with Crippen LogP contribution >= 0.6 is 11.3 Å². The first-order valence-corrected chi connectivity index (χ1v) is 7.18. The number of thiophene rings is 1. The zero-order valence-electron chi connectivity index (χ0n) is 11.6. The maximum Gasteiger partial charge on any atom is 0.161 e. The lowest BCUT2D eigenvalue weighted by atomic mass is 10.2. The lowest BCUT2D eigenvalue weighted by Crippen LogP contribution is -2.11. The van der Waals surface area contributed by atoms with Crippen LogP contribution in [0, 0.1) is 5.41 Å². The van der Waals surface area contributed by atoms with Gasteiger partial charge in [-0.3, -0.25) is 5.41 Å². The van der Waals surface area contributed by atoms with E-state index in [2.05, 4.69) is 19.1 Å². The van der Waals surface area contributed by atoms with Gasteiger partial charge in [0.15, 0.2) is 11.5 Å². The number of nitrogens with one attached hydrogen (secondary N) is 1. The Kier molecular flexibility index (Phi) is 4.63. The van der Waals surface area contributed by atoms with Gasteiger partial charge in [0.05, 0.1) is 7.11 Å². The first-order valence-electron chi connectivity index (χ1n) is 6.37. The minimum absolute atomic E-state index is 0.0145. The number of ether oxygens (including phenoxy) is 2. The molecule has 0 saturated heterocycles. The largest absolute Gasteiger partial charge is 0.493 e. The van der Waals surface area contributed by atoms with E-state index < -0.39 is 0 Å². The van der Waals surface area contributed by atoms with Gasteiger partial charge in [-0.1, -0.05) is 6.92 Å². The van der Waals surface area contributed by atoms with Crippen molar-refractivity contribution in [2.75, 3.05) is 7.11 Å². The number of aryl methyl sites for hydroxylation is 1. The summed E-state index contributed by atoms with van der Waals surface area (Å²) in [5.74, 6) is 1.26. The van der Waals surface area contributed by atoms with Crippen LogP contribution in [-0.4, -0.2) is 12.9 Å². The fourth-order valence-electron chi connectivity index (χ4n) is 1.79. The van der Waals surface area contributed by atoms with Crippen molar-refractivity contribution in [1.29, 1.82) is 5.41 Å². The van der Waals surface area contributed by atoms with Gasteiger partial charge in [-0.15, -0.1) is 11.3 Å². The van der Waals surface area contributed by atoms with Crippen LogP contribution in [0.25, 0.3) is 0 Å². The van der Waals surface area contributed by atoms with Gasteiger partial charge in [-0.05, 0) is 36.8 Å². The predicted octanol–water partition coefficient (Wildman–Crippen LogP) is 3.18. The molecule has 0 bridgehead atoms. The third-order valence-corrected chi connectivity index (χ3v) is 4.11. The van der Waals surface area contributed by atoms with Crippen molar-refractivity contribution in [3.63, 3.8) is 0 Å². The topological polar surface area (TPSA) is 68.3 Å². The van der Waals surface area contributed by atoms with Gasteiger partial charge in [0, 0.05) is 15.3 Å². The number of rotatable bonds is 6. The molecule has 106 valence electrons. The summed E-state index contributed by atoms with van der Waals surface area (Å²) in [7, 11) is 1.58. The zero-order valence-corrected chi connectivity index (χ0v) is 12.4. The average molecular weight is 290 g/mol. The highest BCUT2D eigenvalue weighted by Gasteiger charge is 2.08. The van der Waals surface area contributed by atoms with E-state index in [0.717, 1.165) is 6.42 Å². The van der Waals surface area contributed by atoms with Crippen molar-refractivity contribution in [1.82, 2.24) is 0 Å². The number of hydrogen-bond donors (Lipinski definition) is 2. The second-order valence-corrected chi connectivity index (χ2v) is 5.54. The van der Waals surface area contributed by atoms with Crippen molar-refractivity contribution in [3.8, 4) is 11.5 Å². The Labute approximate surface area is 122 Å². The van der Waals surface area contributed by atoms with Gasteiger partial charge in [-0.2, -0.15) is 0 Å². The molecule has 5 heteroatoms. The van der Waals surface area contributed by atoms with Crippen LogP contribution in [-0.2, 0) is 13.0 Å². The Morgan fingerprint density at radius 2 is 1.95 bits per heavy atom. The normalized spacial score (nSPS) is 10.3. The molecule has 4 nitrogen and oxygen atoms in total. The number of hydrogen-bond acceptors (Lipinski definition) is 4. The molecule has 0 unspecified atom stereocenters. The van der Waals surface area contributed by atoms with Crippen molar-refractivity contribution >= 4 is 17.2 Å². The number of nitrogens with two attached hydrogens (primary N) is 1. The molecule has 0 fully saturated rings. The highest BCUT2D eigenvalue weighted by molar-refractivity contribution is 7.11. The Bertz CT molecular complexity index is 608. The Morgan fingerprint density at radius 1 is 1.20 bits per heavy atom. The van der Waals surface area contributed by atoms with E-state index in [1.807, 2.05) is 0 Å². The number of nitrogen functional groups attached to an aromatic ring is 1. The van der Waals surface area contributed by atoms with Gasteiger partial charge < -0.3 is 15.2 Å². The highest BCUT2D eigenvalue weighted by atomic mass is 32.1. The van der Waals surface area contributed by atoms with Gasteiger partial charge in [0.2, 0.25) is 0 Å². The minimum atomic E-state index is 0.0145. The average Bonchev–Trinajstić information content (AvgIpc) is 2.92. The Hall–Kier alpha value is -2.01. The standard InChI is InChI=1S/C15H18N2O2S/c1-3-11-5-6-12(20-11)9-19-13-7-4-10(15(16)17)8-14(13)18-2/h4-8H,3,9H2,1-2H3,(H3,16,17). The summed E-state index contributed by atoms with van der Waals surface area (Å²) in [6.07, 6.45) is 1.04. The predicted molar refractivity (Wildman–Crippen MR) is 82.0 cm³/mol. The second kappa shape index (κ2) is 6.43. The second-order valence-electron chi connectivity index (χ2n) is 4.29. The Balaban J connectivity index is 2.10. The summed E-state index contributed by atoms with van der Waals surface area (Å²) in [6, 6.07) is 9.46. The quantitative estimate of drug-likeness (QED) is 0.634. The SMILES string of the molecule is CCc1ccc(COc2ccc(C(=N)N)cc2OC)s1. The molecule has 1 aromatic carbocycles. The van der Waals surface area contributed by atoms with Gasteiger partial charge in [0.25, 0.3) is 0 Å². The van der Waals surface area contributed by atoms with Crippen LogP contribution in [0.2, 0.25) is 0 Å². The van der Waals surface area contributed by atoms with Crippen LogP contribution in [0.3, 0.4) is 0 Å². The van der Waals surface area contributed by atoms with Crippen molar-refractivity contribution < 1.29 is 9.47 Å².